The molecule has 1 heterocycles. The number of piperidine rings is 1. The number of benzene rings is 2. The summed E-state index contributed by atoms with van der Waals surface area (Å²) in [5, 5.41) is 21.8. The average Bonchev–Trinajstić information content (AvgIpc) is 2.91. The van der Waals surface area contributed by atoms with Crippen molar-refractivity contribution in [3.63, 3.8) is 0 Å². The minimum atomic E-state index is -0.816. The molecule has 1 aliphatic heterocycles. The number of ether oxygens (including phenoxy) is 4. The summed E-state index contributed by atoms with van der Waals surface area (Å²) < 4.78 is 21.9. The number of aromatic hydroxyl groups is 1. The van der Waals surface area contributed by atoms with Crippen LogP contribution in [-0.2, 0) is 4.79 Å². The lowest BCUT2D eigenvalue weighted by Gasteiger charge is -2.52. The number of fused-ring (bicyclic) bond motifs is 1. The molecule has 4 rings (SSSR count). The number of nitrogens with zero attached hydrogens (tertiary/aromatic N) is 1. The van der Waals surface area contributed by atoms with Crippen LogP contribution in [0.5, 0.6) is 28.7 Å². The number of likely N-dealkylation sites (tertiary alicyclic amines) is 1. The van der Waals surface area contributed by atoms with Crippen molar-refractivity contribution < 1.29 is 34.0 Å². The summed E-state index contributed by atoms with van der Waals surface area (Å²) in [6.45, 7) is 2.70. The maximum Gasteiger partial charge on any atom is 0.247 e. The Balaban J connectivity index is 1.68. The predicted octanol–water partition coefficient (Wildman–Crippen LogP) is 4.72. The zero-order valence-electron chi connectivity index (χ0n) is 22.0. The van der Waals surface area contributed by atoms with E-state index in [4.69, 9.17) is 18.9 Å². The van der Waals surface area contributed by atoms with Gasteiger partial charge in [0.05, 0.1) is 39.6 Å². The third-order valence-electron chi connectivity index (χ3n) is 7.58. The van der Waals surface area contributed by atoms with Gasteiger partial charge in [0.1, 0.15) is 0 Å². The monoisotopic (exact) mass is 511 g/mol. The Morgan fingerprint density at radius 2 is 1.78 bits per heavy atom. The van der Waals surface area contributed by atoms with E-state index >= 15 is 0 Å². The number of aliphatic hydroxyl groups is 1. The van der Waals surface area contributed by atoms with Gasteiger partial charge in [0, 0.05) is 18.5 Å². The lowest BCUT2D eigenvalue weighted by atomic mass is 9.66. The molecule has 2 N–H and O–H groups in total. The molecule has 2 aromatic rings. The molecule has 0 radical (unpaired) electrons. The van der Waals surface area contributed by atoms with E-state index in [1.807, 2.05) is 17.9 Å². The largest absolute Gasteiger partial charge is 0.504 e. The van der Waals surface area contributed by atoms with Crippen LogP contribution in [0.2, 0.25) is 0 Å². The number of methoxy groups -OCH3 is 3. The number of amides is 1. The number of carbonyl (C=O) groups is 1. The first kappa shape index (κ1) is 26.7. The predicted molar refractivity (Wildman–Crippen MR) is 140 cm³/mol. The van der Waals surface area contributed by atoms with E-state index < -0.39 is 5.60 Å². The first-order valence-electron chi connectivity index (χ1n) is 12.8. The molecule has 3 unspecified atom stereocenters. The average molecular weight is 512 g/mol. The Labute approximate surface area is 218 Å². The van der Waals surface area contributed by atoms with Crippen molar-refractivity contribution in [1.82, 2.24) is 4.90 Å². The number of hydrogen-bond donors (Lipinski definition) is 2. The van der Waals surface area contributed by atoms with E-state index in [0.29, 0.717) is 42.6 Å². The van der Waals surface area contributed by atoms with Crippen molar-refractivity contribution in [3.05, 3.63) is 47.5 Å². The number of carbonyl (C=O) groups excluding carboxylic acids is 1. The highest BCUT2D eigenvalue weighted by Crippen LogP contribution is 2.50. The van der Waals surface area contributed by atoms with Crippen LogP contribution in [0.1, 0.15) is 56.2 Å². The molecule has 200 valence electrons. The van der Waals surface area contributed by atoms with Gasteiger partial charge in [0.25, 0.3) is 0 Å². The van der Waals surface area contributed by atoms with Crippen LogP contribution < -0.4 is 18.9 Å². The second-order valence-corrected chi connectivity index (χ2v) is 9.63. The standard InChI is InChI=1S/C29H37NO7/c1-5-37-23-18-20(10-11-22(23)31)27-21-8-6-7-13-29(21,33)14-15-30(27)26(32)12-9-19-16-24(34-2)28(36-4)25(17-19)35-3/h9-12,16-18,21,27,31,33H,5-8,13-15H2,1-4H3. The van der Waals surface area contributed by atoms with Crippen LogP contribution >= 0.6 is 0 Å². The molecule has 3 atom stereocenters. The maximum atomic E-state index is 13.6. The molecule has 0 bridgehead atoms. The summed E-state index contributed by atoms with van der Waals surface area (Å²) >= 11 is 0. The number of phenols is 1. The van der Waals surface area contributed by atoms with Crippen LogP contribution in [0.4, 0.5) is 0 Å². The van der Waals surface area contributed by atoms with E-state index in [2.05, 4.69) is 0 Å². The molecule has 2 fully saturated rings. The Kier molecular flexibility index (Phi) is 8.17. The number of hydrogen-bond acceptors (Lipinski definition) is 7. The van der Waals surface area contributed by atoms with Gasteiger partial charge in [-0.05, 0) is 67.7 Å². The summed E-state index contributed by atoms with van der Waals surface area (Å²) in [7, 11) is 4.64. The molecule has 8 heteroatoms. The quantitative estimate of drug-likeness (QED) is 0.495. The molecule has 1 amide bonds. The summed E-state index contributed by atoms with van der Waals surface area (Å²) in [5.41, 5.74) is 0.763. The van der Waals surface area contributed by atoms with Crippen LogP contribution in [-0.4, -0.2) is 61.1 Å². The molecule has 8 nitrogen and oxygen atoms in total. The van der Waals surface area contributed by atoms with E-state index in [1.54, 1.807) is 57.7 Å². The van der Waals surface area contributed by atoms with E-state index in [-0.39, 0.29) is 23.6 Å². The molecule has 0 aromatic heterocycles. The molecule has 1 saturated heterocycles. The van der Waals surface area contributed by atoms with Crippen molar-refractivity contribution >= 4 is 12.0 Å². The molecule has 2 aliphatic rings. The summed E-state index contributed by atoms with van der Waals surface area (Å²) in [5.74, 6) is 1.67. The van der Waals surface area contributed by atoms with Crippen LogP contribution in [0.3, 0.4) is 0 Å². The van der Waals surface area contributed by atoms with Crippen LogP contribution in [0.15, 0.2) is 36.4 Å². The smallest absolute Gasteiger partial charge is 0.247 e. The van der Waals surface area contributed by atoms with Gasteiger partial charge in [-0.2, -0.15) is 0 Å². The summed E-state index contributed by atoms with van der Waals surface area (Å²) in [6, 6.07) is 8.46. The van der Waals surface area contributed by atoms with Crippen LogP contribution in [0, 0.1) is 5.92 Å². The summed E-state index contributed by atoms with van der Waals surface area (Å²) in [6.07, 6.45) is 7.35. The van der Waals surface area contributed by atoms with Gasteiger partial charge in [0.2, 0.25) is 11.7 Å². The minimum absolute atomic E-state index is 0.0560. The molecular formula is C29H37NO7. The highest BCUT2D eigenvalue weighted by atomic mass is 16.5. The first-order valence-corrected chi connectivity index (χ1v) is 12.8. The maximum absolute atomic E-state index is 13.6. The normalized spacial score (nSPS) is 23.4. The van der Waals surface area contributed by atoms with E-state index in [1.165, 1.54) is 0 Å². The molecular weight excluding hydrogens is 474 g/mol. The first-order chi connectivity index (χ1) is 17.8. The fourth-order valence-corrected chi connectivity index (χ4v) is 5.79. The lowest BCUT2D eigenvalue weighted by molar-refractivity contribution is -0.150. The van der Waals surface area contributed by atoms with Gasteiger partial charge in [0.15, 0.2) is 23.0 Å². The Morgan fingerprint density at radius 3 is 2.43 bits per heavy atom. The van der Waals surface area contributed by atoms with Gasteiger partial charge in [-0.25, -0.2) is 0 Å². The molecule has 37 heavy (non-hydrogen) atoms. The highest BCUT2D eigenvalue weighted by Gasteiger charge is 2.50. The summed E-state index contributed by atoms with van der Waals surface area (Å²) in [4.78, 5) is 15.5. The van der Waals surface area contributed by atoms with Gasteiger partial charge in [-0.15, -0.1) is 0 Å². The molecule has 2 aromatic carbocycles. The number of phenolic OH excluding ortho intramolecular Hbond substituents is 1. The van der Waals surface area contributed by atoms with E-state index in [0.717, 1.165) is 36.8 Å². The number of rotatable bonds is 8. The Hall–Kier alpha value is -3.39. The highest BCUT2D eigenvalue weighted by molar-refractivity contribution is 5.92. The third-order valence-corrected chi connectivity index (χ3v) is 7.58. The van der Waals surface area contributed by atoms with Gasteiger partial charge < -0.3 is 34.1 Å². The lowest BCUT2D eigenvalue weighted by Crippen LogP contribution is -2.56. The zero-order chi connectivity index (χ0) is 26.6. The van der Waals surface area contributed by atoms with E-state index in [9.17, 15) is 15.0 Å². The second kappa shape index (κ2) is 11.3. The fourth-order valence-electron chi connectivity index (χ4n) is 5.79. The van der Waals surface area contributed by atoms with Gasteiger partial charge in [-0.1, -0.05) is 18.9 Å². The van der Waals surface area contributed by atoms with Gasteiger partial charge >= 0.3 is 0 Å². The van der Waals surface area contributed by atoms with Gasteiger partial charge in [-0.3, -0.25) is 4.79 Å². The Bertz CT molecular complexity index is 1120. The zero-order valence-corrected chi connectivity index (χ0v) is 22.0. The van der Waals surface area contributed by atoms with Crippen molar-refractivity contribution in [1.29, 1.82) is 0 Å². The topological polar surface area (TPSA) is 97.7 Å². The van der Waals surface area contributed by atoms with Crippen molar-refractivity contribution in [2.45, 2.75) is 50.7 Å². The van der Waals surface area contributed by atoms with Crippen molar-refractivity contribution in [2.75, 3.05) is 34.5 Å². The van der Waals surface area contributed by atoms with Crippen LogP contribution in [0.25, 0.3) is 6.08 Å². The second-order valence-electron chi connectivity index (χ2n) is 9.63. The fraction of sp³-hybridized carbons (Fsp3) is 0.483. The molecule has 0 spiro atoms. The molecule has 1 saturated carbocycles. The molecule has 1 aliphatic carbocycles. The van der Waals surface area contributed by atoms with Crippen molar-refractivity contribution in [3.8, 4) is 28.7 Å². The SMILES string of the molecule is CCOc1cc(C2C3CCCCC3(O)CCN2C(=O)C=Cc2cc(OC)c(OC)c(OC)c2)ccc1O. The third kappa shape index (κ3) is 5.34. The van der Waals surface area contributed by atoms with Crippen molar-refractivity contribution in [2.24, 2.45) is 5.92 Å². The minimum Gasteiger partial charge on any atom is -0.504 e. The Morgan fingerprint density at radius 1 is 1.05 bits per heavy atom.